The Labute approximate surface area is 187 Å². The summed E-state index contributed by atoms with van der Waals surface area (Å²) >= 11 is 0. The third kappa shape index (κ3) is 3.54. The van der Waals surface area contributed by atoms with Gasteiger partial charge in [0.2, 0.25) is 5.91 Å². The van der Waals surface area contributed by atoms with Gasteiger partial charge in [-0.05, 0) is 59.0 Å². The molecule has 2 aliphatic rings. The monoisotopic (exact) mass is 431 g/mol. The molecule has 32 heavy (non-hydrogen) atoms. The fourth-order valence-electron chi connectivity index (χ4n) is 5.33. The van der Waals surface area contributed by atoms with E-state index in [0.29, 0.717) is 13.0 Å². The minimum absolute atomic E-state index is 0.0413. The van der Waals surface area contributed by atoms with Crippen LogP contribution in [-0.4, -0.2) is 47.1 Å². The van der Waals surface area contributed by atoms with Crippen molar-refractivity contribution in [2.24, 2.45) is 5.92 Å². The number of fused-ring (bicyclic) bond motifs is 3. The molecule has 5 rings (SSSR count). The zero-order valence-corrected chi connectivity index (χ0v) is 18.0. The minimum Gasteiger partial charge on any atom is -0.394 e. The average molecular weight is 432 g/mol. The molecule has 0 bridgehead atoms. The van der Waals surface area contributed by atoms with E-state index in [1.165, 1.54) is 12.1 Å². The molecule has 3 heterocycles. The average Bonchev–Trinajstić information content (AvgIpc) is 3.26. The molecule has 3 atom stereocenters. The predicted molar refractivity (Wildman–Crippen MR) is 122 cm³/mol. The molecule has 1 saturated heterocycles. The third-order valence-corrected chi connectivity index (χ3v) is 6.93. The summed E-state index contributed by atoms with van der Waals surface area (Å²) in [6, 6.07) is 16.3. The number of likely N-dealkylation sites (N-methyl/N-ethyl adjacent to an activating group) is 1. The van der Waals surface area contributed by atoms with E-state index < -0.39 is 0 Å². The van der Waals surface area contributed by atoms with Crippen LogP contribution in [0.15, 0.2) is 67.0 Å². The van der Waals surface area contributed by atoms with Crippen molar-refractivity contribution in [2.45, 2.75) is 24.9 Å². The number of rotatable bonds is 4. The number of benzene rings is 2. The van der Waals surface area contributed by atoms with Gasteiger partial charge < -0.3 is 14.9 Å². The Morgan fingerprint density at radius 3 is 2.66 bits per heavy atom. The fraction of sp³-hybridized carbons (Fsp3) is 0.308. The lowest BCUT2D eigenvalue weighted by molar-refractivity contribution is -0.132. The van der Waals surface area contributed by atoms with Gasteiger partial charge in [-0.3, -0.25) is 9.78 Å². The van der Waals surface area contributed by atoms with Gasteiger partial charge in [-0.1, -0.05) is 24.3 Å². The van der Waals surface area contributed by atoms with Gasteiger partial charge in [-0.25, -0.2) is 4.39 Å². The van der Waals surface area contributed by atoms with E-state index in [1.807, 2.05) is 30.1 Å². The van der Waals surface area contributed by atoms with Gasteiger partial charge in [0.05, 0.1) is 25.1 Å². The van der Waals surface area contributed by atoms with E-state index >= 15 is 0 Å². The number of hydrogen-bond donors (Lipinski definition) is 1. The molecule has 3 aromatic rings. The molecule has 164 valence electrons. The van der Waals surface area contributed by atoms with Gasteiger partial charge in [0.15, 0.2) is 0 Å². The van der Waals surface area contributed by atoms with Crippen LogP contribution in [0, 0.1) is 11.7 Å². The van der Waals surface area contributed by atoms with E-state index in [1.54, 1.807) is 24.5 Å². The molecule has 2 aromatic carbocycles. The predicted octanol–water partition coefficient (Wildman–Crippen LogP) is 3.83. The normalized spacial score (nSPS) is 21.9. The molecule has 1 aromatic heterocycles. The van der Waals surface area contributed by atoms with Crippen LogP contribution in [0.5, 0.6) is 0 Å². The Hall–Kier alpha value is -3.25. The molecular weight excluding hydrogens is 405 g/mol. The first kappa shape index (κ1) is 20.6. The van der Waals surface area contributed by atoms with Gasteiger partial charge in [-0.2, -0.15) is 0 Å². The molecule has 0 saturated carbocycles. The summed E-state index contributed by atoms with van der Waals surface area (Å²) in [5, 5.41) is 10.2. The van der Waals surface area contributed by atoms with E-state index in [0.717, 1.165) is 34.4 Å². The number of anilines is 1. The van der Waals surface area contributed by atoms with Crippen LogP contribution in [0.4, 0.5) is 10.1 Å². The van der Waals surface area contributed by atoms with Crippen LogP contribution < -0.4 is 4.90 Å². The summed E-state index contributed by atoms with van der Waals surface area (Å²) < 4.78 is 13.4. The zero-order valence-electron chi connectivity index (χ0n) is 18.0. The third-order valence-electron chi connectivity index (χ3n) is 6.93. The lowest BCUT2D eigenvalue weighted by Gasteiger charge is -2.44. The van der Waals surface area contributed by atoms with Crippen molar-refractivity contribution < 1.29 is 14.3 Å². The number of carbonyl (C=O) groups is 1. The maximum Gasteiger partial charge on any atom is 0.227 e. The van der Waals surface area contributed by atoms with Crippen molar-refractivity contribution in [3.05, 3.63) is 83.9 Å². The van der Waals surface area contributed by atoms with Gasteiger partial charge >= 0.3 is 0 Å². The Morgan fingerprint density at radius 2 is 1.94 bits per heavy atom. The van der Waals surface area contributed by atoms with Gasteiger partial charge in [0.1, 0.15) is 5.82 Å². The highest BCUT2D eigenvalue weighted by atomic mass is 19.1. The molecule has 0 unspecified atom stereocenters. The zero-order chi connectivity index (χ0) is 22.2. The second kappa shape index (κ2) is 8.36. The van der Waals surface area contributed by atoms with Gasteiger partial charge in [0.25, 0.3) is 0 Å². The number of likely N-dealkylation sites (tertiary alicyclic amines) is 1. The summed E-state index contributed by atoms with van der Waals surface area (Å²) in [7, 11) is 2.01. The largest absolute Gasteiger partial charge is 0.394 e. The second-order valence-corrected chi connectivity index (χ2v) is 8.66. The number of aliphatic hydroxyl groups excluding tert-OH is 1. The standard InChI is InChI=1S/C26H26FN3O2/c1-29-23-9-6-19(18-4-7-20(27)8-5-18)14-22(23)26-21(24(29)16-31)10-12-30(26)25(32)13-17-3-2-11-28-15-17/h2-9,11,14-15,21,24,26,31H,10,12-13,16H2,1H3/t21-,24-,26-/m0/s1. The van der Waals surface area contributed by atoms with Crippen molar-refractivity contribution in [3.63, 3.8) is 0 Å². The number of amides is 1. The second-order valence-electron chi connectivity index (χ2n) is 8.66. The van der Waals surface area contributed by atoms with Gasteiger partial charge in [-0.15, -0.1) is 0 Å². The first-order valence-electron chi connectivity index (χ1n) is 11.0. The highest BCUT2D eigenvalue weighted by molar-refractivity contribution is 5.81. The molecule has 1 fully saturated rings. The van der Waals surface area contributed by atoms with Crippen molar-refractivity contribution in [2.75, 3.05) is 25.1 Å². The summed E-state index contributed by atoms with van der Waals surface area (Å²) in [4.78, 5) is 21.6. The summed E-state index contributed by atoms with van der Waals surface area (Å²) in [5.74, 6) is -0.0380. The Balaban J connectivity index is 1.54. The Morgan fingerprint density at radius 1 is 1.16 bits per heavy atom. The lowest BCUT2D eigenvalue weighted by atomic mass is 9.81. The van der Waals surface area contributed by atoms with Crippen LogP contribution >= 0.6 is 0 Å². The molecule has 1 amide bonds. The highest BCUT2D eigenvalue weighted by Crippen LogP contribution is 2.49. The van der Waals surface area contributed by atoms with E-state index in [-0.39, 0.29) is 36.3 Å². The molecule has 0 aliphatic carbocycles. The quantitative estimate of drug-likeness (QED) is 0.682. The molecule has 1 N–H and O–H groups in total. The van der Waals surface area contributed by atoms with Crippen molar-refractivity contribution in [1.29, 1.82) is 0 Å². The van der Waals surface area contributed by atoms with Crippen LogP contribution in [-0.2, 0) is 11.2 Å². The van der Waals surface area contributed by atoms with Crippen LogP contribution in [0.2, 0.25) is 0 Å². The maximum atomic E-state index is 13.4. The lowest BCUT2D eigenvalue weighted by Crippen LogP contribution is -2.48. The van der Waals surface area contributed by atoms with Crippen LogP contribution in [0.1, 0.15) is 23.6 Å². The molecular formula is C26H26FN3O2. The number of aliphatic hydroxyl groups is 1. The number of halogens is 1. The SMILES string of the molecule is CN1c2ccc(-c3ccc(F)cc3)cc2[C@@H]2[C@@H](CCN2C(=O)Cc2cccnc2)[C@@H]1CO. The van der Waals surface area contributed by atoms with E-state index in [9.17, 15) is 14.3 Å². The molecule has 0 spiro atoms. The van der Waals surface area contributed by atoms with E-state index in [2.05, 4.69) is 22.0 Å². The van der Waals surface area contributed by atoms with Crippen molar-refractivity contribution in [3.8, 4) is 11.1 Å². The number of pyridine rings is 1. The molecule has 2 aliphatic heterocycles. The first-order chi connectivity index (χ1) is 15.6. The number of hydrogen-bond acceptors (Lipinski definition) is 4. The van der Waals surface area contributed by atoms with Gasteiger partial charge in [0, 0.05) is 37.6 Å². The summed E-state index contributed by atoms with van der Waals surface area (Å²) in [6.45, 7) is 0.709. The molecule has 6 heteroatoms. The Kier molecular flexibility index (Phi) is 5.39. The summed E-state index contributed by atoms with van der Waals surface area (Å²) in [6.07, 6.45) is 4.59. The smallest absolute Gasteiger partial charge is 0.227 e. The van der Waals surface area contributed by atoms with E-state index in [4.69, 9.17) is 0 Å². The van der Waals surface area contributed by atoms with Crippen molar-refractivity contribution in [1.82, 2.24) is 9.88 Å². The number of aromatic nitrogens is 1. The van der Waals surface area contributed by atoms with Crippen molar-refractivity contribution >= 4 is 11.6 Å². The topological polar surface area (TPSA) is 56.7 Å². The summed E-state index contributed by atoms with van der Waals surface area (Å²) in [5.41, 5.74) is 4.93. The number of carbonyl (C=O) groups excluding carboxylic acids is 1. The fourth-order valence-corrected chi connectivity index (χ4v) is 5.33. The molecule has 0 radical (unpaired) electrons. The number of nitrogens with zero attached hydrogens (tertiary/aromatic N) is 3. The molecule has 5 nitrogen and oxygen atoms in total. The van der Waals surface area contributed by atoms with Crippen LogP contribution in [0.3, 0.4) is 0 Å². The minimum atomic E-state index is -0.264. The first-order valence-corrected chi connectivity index (χ1v) is 11.0. The highest BCUT2D eigenvalue weighted by Gasteiger charge is 2.47. The Bertz CT molecular complexity index is 1120. The maximum absolute atomic E-state index is 13.4. The van der Waals surface area contributed by atoms with Crippen LogP contribution in [0.25, 0.3) is 11.1 Å².